The Balaban J connectivity index is 1.78. The van der Waals surface area contributed by atoms with Crippen LogP contribution in [-0.4, -0.2) is 34.8 Å². The van der Waals surface area contributed by atoms with Crippen LogP contribution in [0.3, 0.4) is 0 Å². The van der Waals surface area contributed by atoms with Gasteiger partial charge < -0.3 is 14.8 Å². The van der Waals surface area contributed by atoms with Crippen molar-refractivity contribution in [1.82, 2.24) is 9.78 Å². The zero-order valence-electron chi connectivity index (χ0n) is 17.9. The fourth-order valence-corrected chi connectivity index (χ4v) is 3.36. The molecule has 1 aromatic heterocycles. The first-order valence-corrected chi connectivity index (χ1v) is 9.93. The monoisotopic (exact) mass is 444 g/mol. The Morgan fingerprint density at radius 2 is 1.73 bits per heavy atom. The minimum Gasteiger partial charge on any atom is -0.493 e. The molecule has 1 heterocycles. The molecule has 3 aromatic carbocycles. The van der Waals surface area contributed by atoms with Gasteiger partial charge in [-0.15, -0.1) is 0 Å². The minimum atomic E-state index is -0.519. The molecule has 0 radical (unpaired) electrons. The van der Waals surface area contributed by atoms with Gasteiger partial charge in [0.05, 0.1) is 24.8 Å². The van der Waals surface area contributed by atoms with Crippen molar-refractivity contribution in [3.63, 3.8) is 0 Å². The number of ether oxygens (including phenoxy) is 2. The van der Waals surface area contributed by atoms with Crippen LogP contribution < -0.4 is 14.8 Å². The van der Waals surface area contributed by atoms with Crippen LogP contribution in [0.5, 0.6) is 11.5 Å². The third kappa shape index (κ3) is 4.52. The Hall–Kier alpha value is -4.66. The number of hydrogen-bond acceptors (Lipinski definition) is 6. The fourth-order valence-electron chi connectivity index (χ4n) is 3.36. The second-order valence-electron chi connectivity index (χ2n) is 7.00. The normalized spacial score (nSPS) is 10.5. The van der Waals surface area contributed by atoms with Crippen LogP contribution in [0.15, 0.2) is 79.0 Å². The van der Waals surface area contributed by atoms with E-state index in [9.17, 15) is 14.9 Å². The van der Waals surface area contributed by atoms with Crippen LogP contribution in [0.1, 0.15) is 10.5 Å². The van der Waals surface area contributed by atoms with E-state index in [4.69, 9.17) is 9.47 Å². The van der Waals surface area contributed by atoms with Gasteiger partial charge in [0.15, 0.2) is 17.2 Å². The van der Waals surface area contributed by atoms with Crippen LogP contribution >= 0.6 is 0 Å². The van der Waals surface area contributed by atoms with Crippen LogP contribution in [0.2, 0.25) is 0 Å². The summed E-state index contributed by atoms with van der Waals surface area (Å²) in [4.78, 5) is 23.8. The van der Waals surface area contributed by atoms with E-state index in [1.54, 1.807) is 42.3 Å². The zero-order valence-corrected chi connectivity index (χ0v) is 17.9. The summed E-state index contributed by atoms with van der Waals surface area (Å²) in [5.74, 6) is 0.557. The maximum absolute atomic E-state index is 13.2. The molecule has 1 amide bonds. The first kappa shape index (κ1) is 21.6. The molecule has 0 aliphatic carbocycles. The zero-order chi connectivity index (χ0) is 23.4. The van der Waals surface area contributed by atoms with Gasteiger partial charge in [-0.3, -0.25) is 14.9 Å². The summed E-state index contributed by atoms with van der Waals surface area (Å²) in [5, 5.41) is 18.3. The first-order valence-electron chi connectivity index (χ1n) is 9.93. The van der Waals surface area contributed by atoms with Crippen molar-refractivity contribution in [3.8, 4) is 28.3 Å². The number of carbonyl (C=O) groups excluding carboxylic acids is 1. The van der Waals surface area contributed by atoms with Crippen LogP contribution in [0.4, 0.5) is 11.4 Å². The van der Waals surface area contributed by atoms with Crippen LogP contribution in [-0.2, 0) is 0 Å². The molecule has 9 heteroatoms. The maximum Gasteiger partial charge on any atom is 0.276 e. The number of nitro benzene ring substituents is 1. The highest BCUT2D eigenvalue weighted by Gasteiger charge is 2.21. The summed E-state index contributed by atoms with van der Waals surface area (Å²) in [6.45, 7) is 0. The average Bonchev–Trinajstić information content (AvgIpc) is 3.30. The average molecular weight is 444 g/mol. The molecular formula is C24H20N4O5. The number of aromatic nitrogens is 2. The fraction of sp³-hybridized carbons (Fsp3) is 0.0833. The molecule has 166 valence electrons. The summed E-state index contributed by atoms with van der Waals surface area (Å²) in [5.41, 5.74) is 2.34. The molecule has 0 aliphatic heterocycles. The van der Waals surface area contributed by atoms with Gasteiger partial charge in [0.2, 0.25) is 0 Å². The summed E-state index contributed by atoms with van der Waals surface area (Å²) >= 11 is 0. The lowest BCUT2D eigenvalue weighted by Gasteiger charge is -2.10. The van der Waals surface area contributed by atoms with Gasteiger partial charge in [0.1, 0.15) is 0 Å². The molecule has 4 aromatic rings. The molecular weight excluding hydrogens is 424 g/mol. The molecule has 1 N–H and O–H groups in total. The topological polar surface area (TPSA) is 109 Å². The van der Waals surface area contributed by atoms with Gasteiger partial charge >= 0.3 is 0 Å². The third-order valence-electron chi connectivity index (χ3n) is 4.96. The van der Waals surface area contributed by atoms with E-state index in [-0.39, 0.29) is 11.4 Å². The molecule has 33 heavy (non-hydrogen) atoms. The Bertz CT molecular complexity index is 1320. The Morgan fingerprint density at radius 3 is 2.42 bits per heavy atom. The molecule has 0 saturated heterocycles. The quantitative estimate of drug-likeness (QED) is 0.326. The van der Waals surface area contributed by atoms with Crippen LogP contribution in [0.25, 0.3) is 16.8 Å². The molecule has 0 unspecified atom stereocenters. The number of benzene rings is 3. The number of carbonyl (C=O) groups is 1. The number of nitrogens with zero attached hydrogens (tertiary/aromatic N) is 3. The second kappa shape index (κ2) is 9.23. The maximum atomic E-state index is 13.2. The van der Waals surface area contributed by atoms with Gasteiger partial charge in [0.25, 0.3) is 11.6 Å². The molecule has 0 spiro atoms. The molecule has 0 saturated carbocycles. The van der Waals surface area contributed by atoms with Gasteiger partial charge in [-0.25, -0.2) is 4.68 Å². The second-order valence-corrected chi connectivity index (χ2v) is 7.00. The SMILES string of the molecule is COc1ccc(-c2cn(-c3ccccc3)nc2C(=O)Nc2cccc([N+](=O)[O-])c2)cc1OC. The van der Waals surface area contributed by atoms with Gasteiger partial charge in [-0.05, 0) is 35.9 Å². The van der Waals surface area contributed by atoms with Crippen molar-refractivity contribution in [2.75, 3.05) is 19.5 Å². The van der Waals surface area contributed by atoms with Crippen molar-refractivity contribution in [2.24, 2.45) is 0 Å². The predicted molar refractivity (Wildman–Crippen MR) is 123 cm³/mol. The van der Waals surface area contributed by atoms with Crippen molar-refractivity contribution < 1.29 is 19.2 Å². The lowest BCUT2D eigenvalue weighted by molar-refractivity contribution is -0.384. The lowest BCUT2D eigenvalue weighted by Crippen LogP contribution is -2.14. The van der Waals surface area contributed by atoms with Crippen molar-refractivity contribution in [1.29, 1.82) is 0 Å². The Morgan fingerprint density at radius 1 is 0.970 bits per heavy atom. The number of hydrogen-bond donors (Lipinski definition) is 1. The van der Waals surface area contributed by atoms with E-state index in [0.29, 0.717) is 28.3 Å². The number of para-hydroxylation sites is 1. The van der Waals surface area contributed by atoms with Crippen molar-refractivity contribution in [2.45, 2.75) is 0 Å². The number of nitro groups is 1. The van der Waals surface area contributed by atoms with E-state index in [1.807, 2.05) is 30.3 Å². The van der Waals surface area contributed by atoms with Crippen LogP contribution in [0, 0.1) is 10.1 Å². The van der Waals surface area contributed by atoms with E-state index < -0.39 is 10.8 Å². The minimum absolute atomic E-state index is 0.122. The van der Waals surface area contributed by atoms with Gasteiger partial charge in [0, 0.05) is 29.6 Å². The standard InChI is InChI=1S/C24H20N4O5/c1-32-21-12-11-16(13-22(21)33-2)20-15-27(18-8-4-3-5-9-18)26-23(20)24(29)25-17-7-6-10-19(14-17)28(30)31/h3-15H,1-2H3,(H,25,29). The van der Waals surface area contributed by atoms with E-state index in [1.165, 1.54) is 25.3 Å². The highest BCUT2D eigenvalue weighted by atomic mass is 16.6. The van der Waals surface area contributed by atoms with Gasteiger partial charge in [-0.1, -0.05) is 30.3 Å². The Labute approximate surface area is 189 Å². The molecule has 9 nitrogen and oxygen atoms in total. The summed E-state index contributed by atoms with van der Waals surface area (Å²) in [6.07, 6.45) is 1.75. The van der Waals surface area contributed by atoms with Gasteiger partial charge in [-0.2, -0.15) is 5.10 Å². The number of nitrogens with one attached hydrogen (secondary N) is 1. The smallest absolute Gasteiger partial charge is 0.276 e. The molecule has 0 atom stereocenters. The number of anilines is 1. The molecule has 4 rings (SSSR count). The van der Waals surface area contributed by atoms with E-state index >= 15 is 0 Å². The number of amides is 1. The number of rotatable bonds is 7. The lowest BCUT2D eigenvalue weighted by atomic mass is 10.1. The van der Waals surface area contributed by atoms with Crippen molar-refractivity contribution in [3.05, 3.63) is 94.8 Å². The third-order valence-corrected chi connectivity index (χ3v) is 4.96. The molecule has 0 fully saturated rings. The van der Waals surface area contributed by atoms with E-state index in [2.05, 4.69) is 10.4 Å². The highest BCUT2D eigenvalue weighted by molar-refractivity contribution is 6.07. The van der Waals surface area contributed by atoms with E-state index in [0.717, 1.165) is 5.69 Å². The largest absolute Gasteiger partial charge is 0.493 e. The van der Waals surface area contributed by atoms with Crippen molar-refractivity contribution >= 4 is 17.3 Å². The highest BCUT2D eigenvalue weighted by Crippen LogP contribution is 2.34. The number of methoxy groups -OCH3 is 2. The predicted octanol–water partition coefficient (Wildman–Crippen LogP) is 4.72. The number of non-ortho nitro benzene ring substituents is 1. The summed E-state index contributed by atoms with van der Waals surface area (Å²) in [6, 6.07) is 20.4. The molecule has 0 aliphatic rings. The summed E-state index contributed by atoms with van der Waals surface area (Å²) in [7, 11) is 3.08. The molecule has 0 bridgehead atoms. The first-order chi connectivity index (χ1) is 16.0. The summed E-state index contributed by atoms with van der Waals surface area (Å²) < 4.78 is 12.3. The Kier molecular flexibility index (Phi) is 6.03.